The zero-order valence-corrected chi connectivity index (χ0v) is 14.2. The molecule has 2 aromatic rings. The van der Waals surface area contributed by atoms with Crippen molar-refractivity contribution in [2.24, 2.45) is 0 Å². The van der Waals surface area contributed by atoms with Gasteiger partial charge in [0.1, 0.15) is 5.69 Å². The first kappa shape index (κ1) is 17.9. The van der Waals surface area contributed by atoms with Gasteiger partial charge in [0.15, 0.2) is 11.6 Å². The number of hydrogen-bond acceptors (Lipinski definition) is 4. The second-order valence-electron chi connectivity index (χ2n) is 6.11. The number of nitrogens with zero attached hydrogens (tertiary/aromatic N) is 3. The van der Waals surface area contributed by atoms with Crippen LogP contribution in [0.25, 0.3) is 0 Å². The standard InChI is InChI=1S/C18H18F2N4O2/c1-23-6-8-24(9-7-23)18(26)16-10-12(4-5-21-16)17(25)22-13-2-3-14(19)15(20)11-13/h2-5,10-11H,6-9H2,1H3,(H,22,25). The van der Waals surface area contributed by atoms with Crippen LogP contribution in [0.2, 0.25) is 0 Å². The Hall–Kier alpha value is -2.87. The summed E-state index contributed by atoms with van der Waals surface area (Å²) in [5.41, 5.74) is 0.507. The van der Waals surface area contributed by atoms with Gasteiger partial charge in [0.25, 0.3) is 11.8 Å². The zero-order valence-electron chi connectivity index (χ0n) is 14.2. The van der Waals surface area contributed by atoms with Crippen molar-refractivity contribution in [3.63, 3.8) is 0 Å². The van der Waals surface area contributed by atoms with E-state index in [4.69, 9.17) is 0 Å². The molecule has 1 aromatic carbocycles. The van der Waals surface area contributed by atoms with Crippen molar-refractivity contribution in [1.29, 1.82) is 0 Å². The molecule has 1 saturated heterocycles. The van der Waals surface area contributed by atoms with E-state index in [2.05, 4.69) is 15.2 Å². The first-order chi connectivity index (χ1) is 12.4. The lowest BCUT2D eigenvalue weighted by Crippen LogP contribution is -2.47. The number of anilines is 1. The molecule has 3 rings (SSSR count). The molecule has 1 fully saturated rings. The lowest BCUT2D eigenvalue weighted by molar-refractivity contribution is 0.0658. The molecule has 0 unspecified atom stereocenters. The second-order valence-corrected chi connectivity index (χ2v) is 6.11. The number of carbonyl (C=O) groups is 2. The minimum absolute atomic E-state index is 0.123. The topological polar surface area (TPSA) is 65.5 Å². The Bertz CT molecular complexity index is 836. The summed E-state index contributed by atoms with van der Waals surface area (Å²) in [7, 11) is 1.99. The predicted octanol–water partition coefficient (Wildman–Crippen LogP) is 2.00. The van der Waals surface area contributed by atoms with E-state index in [0.29, 0.717) is 13.1 Å². The molecule has 1 aromatic heterocycles. The number of nitrogens with one attached hydrogen (secondary N) is 1. The lowest BCUT2D eigenvalue weighted by Gasteiger charge is -2.32. The lowest BCUT2D eigenvalue weighted by atomic mass is 10.2. The van der Waals surface area contributed by atoms with E-state index >= 15 is 0 Å². The molecule has 1 aliphatic heterocycles. The molecule has 8 heteroatoms. The maximum absolute atomic E-state index is 13.2. The van der Waals surface area contributed by atoms with Gasteiger partial charge in [-0.2, -0.15) is 0 Å². The van der Waals surface area contributed by atoms with Crippen molar-refractivity contribution in [2.75, 3.05) is 38.5 Å². The highest BCUT2D eigenvalue weighted by Crippen LogP contribution is 2.15. The third-order valence-electron chi connectivity index (χ3n) is 4.21. The van der Waals surface area contributed by atoms with Gasteiger partial charge in [0.05, 0.1) is 0 Å². The number of likely N-dealkylation sites (N-methyl/N-ethyl adjacent to an activating group) is 1. The number of aromatic nitrogens is 1. The zero-order chi connectivity index (χ0) is 18.7. The number of halogens is 2. The van der Waals surface area contributed by atoms with Crippen molar-refractivity contribution in [3.8, 4) is 0 Å². The number of rotatable bonds is 3. The largest absolute Gasteiger partial charge is 0.335 e. The third kappa shape index (κ3) is 4.02. The molecule has 6 nitrogen and oxygen atoms in total. The van der Waals surface area contributed by atoms with E-state index in [-0.39, 0.29) is 22.9 Å². The summed E-state index contributed by atoms with van der Waals surface area (Å²) in [6.07, 6.45) is 1.38. The van der Waals surface area contributed by atoms with Crippen molar-refractivity contribution >= 4 is 17.5 Å². The fraction of sp³-hybridized carbons (Fsp3) is 0.278. The number of benzene rings is 1. The Morgan fingerprint density at radius 1 is 1.04 bits per heavy atom. The van der Waals surface area contributed by atoms with E-state index in [9.17, 15) is 18.4 Å². The average Bonchev–Trinajstić information content (AvgIpc) is 2.65. The van der Waals surface area contributed by atoms with Crippen LogP contribution in [0.3, 0.4) is 0 Å². The van der Waals surface area contributed by atoms with Crippen molar-refractivity contribution in [3.05, 3.63) is 59.4 Å². The van der Waals surface area contributed by atoms with Gasteiger partial charge in [-0.3, -0.25) is 14.6 Å². The van der Waals surface area contributed by atoms with Crippen LogP contribution in [-0.2, 0) is 0 Å². The van der Waals surface area contributed by atoms with Crippen LogP contribution in [0.5, 0.6) is 0 Å². The number of hydrogen-bond donors (Lipinski definition) is 1. The van der Waals surface area contributed by atoms with Gasteiger partial charge in [-0.15, -0.1) is 0 Å². The number of carbonyl (C=O) groups excluding carboxylic acids is 2. The fourth-order valence-corrected chi connectivity index (χ4v) is 2.64. The molecular formula is C18H18F2N4O2. The predicted molar refractivity (Wildman–Crippen MR) is 91.9 cm³/mol. The molecule has 26 heavy (non-hydrogen) atoms. The van der Waals surface area contributed by atoms with E-state index in [1.54, 1.807) is 4.90 Å². The Balaban J connectivity index is 1.72. The molecule has 1 aliphatic rings. The summed E-state index contributed by atoms with van der Waals surface area (Å²) in [5, 5.41) is 2.47. The molecular weight excluding hydrogens is 342 g/mol. The van der Waals surface area contributed by atoms with Gasteiger partial charge >= 0.3 is 0 Å². The summed E-state index contributed by atoms with van der Waals surface area (Å²) < 4.78 is 26.2. The van der Waals surface area contributed by atoms with Gasteiger partial charge in [-0.05, 0) is 31.3 Å². The van der Waals surface area contributed by atoms with Crippen LogP contribution in [0.15, 0.2) is 36.5 Å². The summed E-state index contributed by atoms with van der Waals surface area (Å²) >= 11 is 0. The maximum Gasteiger partial charge on any atom is 0.272 e. The van der Waals surface area contributed by atoms with Gasteiger partial charge in [0, 0.05) is 49.7 Å². The van der Waals surface area contributed by atoms with Crippen LogP contribution < -0.4 is 5.32 Å². The maximum atomic E-state index is 13.2. The molecule has 0 atom stereocenters. The van der Waals surface area contributed by atoms with Crippen LogP contribution in [-0.4, -0.2) is 59.8 Å². The summed E-state index contributed by atoms with van der Waals surface area (Å²) in [5.74, 6) is -2.82. The Morgan fingerprint density at radius 3 is 2.46 bits per heavy atom. The highest BCUT2D eigenvalue weighted by Gasteiger charge is 2.22. The van der Waals surface area contributed by atoms with Crippen LogP contribution >= 0.6 is 0 Å². The minimum atomic E-state index is -1.05. The highest BCUT2D eigenvalue weighted by molar-refractivity contribution is 6.05. The van der Waals surface area contributed by atoms with Gasteiger partial charge in [-0.25, -0.2) is 8.78 Å². The van der Waals surface area contributed by atoms with Gasteiger partial charge < -0.3 is 15.1 Å². The van der Waals surface area contributed by atoms with E-state index in [1.165, 1.54) is 24.4 Å². The van der Waals surface area contributed by atoms with Crippen molar-refractivity contribution < 1.29 is 18.4 Å². The molecule has 0 saturated carbocycles. The molecule has 0 aliphatic carbocycles. The van der Waals surface area contributed by atoms with Crippen LogP contribution in [0, 0.1) is 11.6 Å². The Kier molecular flexibility index (Phi) is 5.22. The van der Waals surface area contributed by atoms with E-state index < -0.39 is 17.5 Å². The first-order valence-electron chi connectivity index (χ1n) is 8.14. The summed E-state index contributed by atoms with van der Waals surface area (Å²) in [6.45, 7) is 2.76. The first-order valence-corrected chi connectivity index (χ1v) is 8.14. The molecule has 0 radical (unpaired) electrons. The Morgan fingerprint density at radius 2 is 1.77 bits per heavy atom. The van der Waals surface area contributed by atoms with Crippen molar-refractivity contribution in [1.82, 2.24) is 14.8 Å². The van der Waals surface area contributed by atoms with E-state index in [0.717, 1.165) is 25.2 Å². The highest BCUT2D eigenvalue weighted by atomic mass is 19.2. The molecule has 1 N–H and O–H groups in total. The number of piperazine rings is 1. The minimum Gasteiger partial charge on any atom is -0.335 e. The second kappa shape index (κ2) is 7.57. The molecule has 0 spiro atoms. The summed E-state index contributed by atoms with van der Waals surface area (Å²) in [4.78, 5) is 32.7. The number of pyridine rings is 1. The van der Waals surface area contributed by atoms with Crippen LogP contribution in [0.1, 0.15) is 20.8 Å². The number of amides is 2. The molecule has 136 valence electrons. The van der Waals surface area contributed by atoms with Gasteiger partial charge in [-0.1, -0.05) is 0 Å². The molecule has 0 bridgehead atoms. The quantitative estimate of drug-likeness (QED) is 0.909. The SMILES string of the molecule is CN1CCN(C(=O)c2cc(C(=O)Nc3ccc(F)c(F)c3)ccn2)CC1. The van der Waals surface area contributed by atoms with E-state index in [1.807, 2.05) is 7.05 Å². The molecule has 2 amide bonds. The molecule has 2 heterocycles. The monoisotopic (exact) mass is 360 g/mol. The normalized spacial score (nSPS) is 15.0. The smallest absolute Gasteiger partial charge is 0.272 e. The fourth-order valence-electron chi connectivity index (χ4n) is 2.64. The average molecular weight is 360 g/mol. The van der Waals surface area contributed by atoms with Gasteiger partial charge in [0.2, 0.25) is 0 Å². The summed E-state index contributed by atoms with van der Waals surface area (Å²) in [6, 6.07) is 5.93. The Labute approximate surface area is 149 Å². The third-order valence-corrected chi connectivity index (χ3v) is 4.21. The van der Waals surface area contributed by atoms with Crippen molar-refractivity contribution in [2.45, 2.75) is 0 Å². The van der Waals surface area contributed by atoms with Crippen LogP contribution in [0.4, 0.5) is 14.5 Å².